The topological polar surface area (TPSA) is 39.9 Å². The molecular formula is C20H16FN3O. The van der Waals surface area contributed by atoms with Crippen LogP contribution in [0.25, 0.3) is 33.4 Å². The summed E-state index contributed by atoms with van der Waals surface area (Å²) in [7, 11) is 1.66. The molecular weight excluding hydrogens is 317 g/mol. The lowest BCUT2D eigenvalue weighted by atomic mass is 10.0. The Morgan fingerprint density at radius 1 is 0.960 bits per heavy atom. The summed E-state index contributed by atoms with van der Waals surface area (Å²) >= 11 is 0. The van der Waals surface area contributed by atoms with Crippen LogP contribution >= 0.6 is 0 Å². The Morgan fingerprint density at radius 2 is 1.72 bits per heavy atom. The monoisotopic (exact) mass is 333 g/mol. The SMILES string of the molecule is COCn1c(-c2ccncc2)c(-c2ccc(F)cc2)c2ncccc21. The van der Waals surface area contributed by atoms with Gasteiger partial charge in [-0.25, -0.2) is 4.39 Å². The third-order valence-electron chi connectivity index (χ3n) is 4.17. The summed E-state index contributed by atoms with van der Waals surface area (Å²) < 4.78 is 20.9. The largest absolute Gasteiger partial charge is 0.364 e. The van der Waals surface area contributed by atoms with E-state index in [-0.39, 0.29) is 5.82 Å². The molecule has 4 aromatic rings. The molecule has 5 heteroatoms. The normalized spacial score (nSPS) is 11.1. The van der Waals surface area contributed by atoms with Gasteiger partial charge in [0.2, 0.25) is 0 Å². The van der Waals surface area contributed by atoms with E-state index >= 15 is 0 Å². The van der Waals surface area contributed by atoms with Crippen LogP contribution in [0.15, 0.2) is 67.1 Å². The molecule has 0 fully saturated rings. The zero-order valence-electron chi connectivity index (χ0n) is 13.7. The van der Waals surface area contributed by atoms with Crippen molar-refractivity contribution in [2.75, 3.05) is 7.11 Å². The molecule has 0 amide bonds. The molecule has 0 unspecified atom stereocenters. The van der Waals surface area contributed by atoms with Crippen LogP contribution in [0.2, 0.25) is 0 Å². The summed E-state index contributed by atoms with van der Waals surface area (Å²) in [4.78, 5) is 8.69. The summed E-state index contributed by atoms with van der Waals surface area (Å²) in [5.41, 5.74) is 5.67. The standard InChI is InChI=1S/C20H16FN3O/c1-25-13-24-17-3-2-10-23-19(17)18(14-4-6-16(21)7-5-14)20(24)15-8-11-22-12-9-15/h2-12H,13H2,1H3. The van der Waals surface area contributed by atoms with Gasteiger partial charge < -0.3 is 9.30 Å². The minimum absolute atomic E-state index is 0.261. The van der Waals surface area contributed by atoms with Gasteiger partial charge in [0, 0.05) is 36.8 Å². The van der Waals surface area contributed by atoms with Gasteiger partial charge in [-0.05, 0) is 42.0 Å². The highest BCUT2D eigenvalue weighted by atomic mass is 19.1. The van der Waals surface area contributed by atoms with Crippen LogP contribution in [0.3, 0.4) is 0 Å². The molecule has 0 bridgehead atoms. The highest BCUT2D eigenvalue weighted by molar-refractivity contribution is 6.02. The third kappa shape index (κ3) is 2.68. The average Bonchev–Trinajstić information content (AvgIpc) is 2.98. The smallest absolute Gasteiger partial charge is 0.123 e. The fourth-order valence-corrected chi connectivity index (χ4v) is 3.14. The molecule has 3 aromatic heterocycles. The molecule has 0 spiro atoms. The molecule has 0 N–H and O–H groups in total. The van der Waals surface area contributed by atoms with Gasteiger partial charge in [0.05, 0.1) is 16.7 Å². The number of nitrogens with zero attached hydrogens (tertiary/aromatic N) is 3. The van der Waals surface area contributed by atoms with Gasteiger partial charge in [-0.2, -0.15) is 0 Å². The molecule has 4 nitrogen and oxygen atoms in total. The van der Waals surface area contributed by atoms with E-state index in [9.17, 15) is 4.39 Å². The van der Waals surface area contributed by atoms with Crippen molar-refractivity contribution in [1.82, 2.24) is 14.5 Å². The predicted octanol–water partition coefficient (Wildman–Crippen LogP) is 4.51. The van der Waals surface area contributed by atoms with Crippen LogP contribution in [0.4, 0.5) is 4.39 Å². The van der Waals surface area contributed by atoms with Gasteiger partial charge in [-0.1, -0.05) is 12.1 Å². The number of aromatic nitrogens is 3. The summed E-state index contributed by atoms with van der Waals surface area (Å²) in [6.07, 6.45) is 5.28. The van der Waals surface area contributed by atoms with Crippen molar-refractivity contribution in [3.63, 3.8) is 0 Å². The van der Waals surface area contributed by atoms with E-state index < -0.39 is 0 Å². The molecule has 0 saturated heterocycles. The minimum Gasteiger partial charge on any atom is -0.364 e. The first-order valence-electron chi connectivity index (χ1n) is 7.92. The minimum atomic E-state index is -0.261. The maximum Gasteiger partial charge on any atom is 0.123 e. The molecule has 3 heterocycles. The Hall–Kier alpha value is -3.05. The number of hydrogen-bond donors (Lipinski definition) is 0. The maximum atomic E-state index is 13.4. The Morgan fingerprint density at radius 3 is 2.44 bits per heavy atom. The van der Waals surface area contributed by atoms with E-state index in [4.69, 9.17) is 4.74 Å². The summed E-state index contributed by atoms with van der Waals surface area (Å²) in [5.74, 6) is -0.261. The Balaban J connectivity index is 2.10. The van der Waals surface area contributed by atoms with Crippen molar-refractivity contribution >= 4 is 11.0 Å². The van der Waals surface area contributed by atoms with Crippen molar-refractivity contribution in [1.29, 1.82) is 0 Å². The molecule has 25 heavy (non-hydrogen) atoms. The Kier molecular flexibility index (Phi) is 3.99. The van der Waals surface area contributed by atoms with E-state index in [1.54, 1.807) is 37.8 Å². The summed E-state index contributed by atoms with van der Waals surface area (Å²) in [6, 6.07) is 14.3. The molecule has 0 aliphatic heterocycles. The average molecular weight is 333 g/mol. The number of rotatable bonds is 4. The Bertz CT molecular complexity index is 1010. The second-order valence-electron chi connectivity index (χ2n) is 5.68. The van der Waals surface area contributed by atoms with Gasteiger partial charge in [0.15, 0.2) is 0 Å². The molecule has 0 saturated carbocycles. The van der Waals surface area contributed by atoms with Crippen LogP contribution in [-0.4, -0.2) is 21.6 Å². The summed E-state index contributed by atoms with van der Waals surface area (Å²) in [5, 5.41) is 0. The number of fused-ring (bicyclic) bond motifs is 1. The molecule has 0 radical (unpaired) electrons. The van der Waals surface area contributed by atoms with E-state index in [1.165, 1.54) is 12.1 Å². The highest BCUT2D eigenvalue weighted by Gasteiger charge is 2.20. The quantitative estimate of drug-likeness (QED) is 0.552. The zero-order chi connectivity index (χ0) is 17.2. The van der Waals surface area contributed by atoms with E-state index in [0.717, 1.165) is 33.4 Å². The van der Waals surface area contributed by atoms with Gasteiger partial charge in [-0.15, -0.1) is 0 Å². The molecule has 0 aliphatic rings. The first kappa shape index (κ1) is 15.5. The van der Waals surface area contributed by atoms with Crippen molar-refractivity contribution in [3.8, 4) is 22.4 Å². The second-order valence-corrected chi connectivity index (χ2v) is 5.68. The predicted molar refractivity (Wildman–Crippen MR) is 95.4 cm³/mol. The van der Waals surface area contributed by atoms with Crippen LogP contribution in [0.5, 0.6) is 0 Å². The fraction of sp³-hybridized carbons (Fsp3) is 0.100. The van der Waals surface area contributed by atoms with Crippen molar-refractivity contribution < 1.29 is 9.13 Å². The first-order chi connectivity index (χ1) is 12.3. The number of ether oxygens (including phenoxy) is 1. The molecule has 0 atom stereocenters. The number of methoxy groups -OCH3 is 1. The van der Waals surface area contributed by atoms with Crippen molar-refractivity contribution in [2.24, 2.45) is 0 Å². The van der Waals surface area contributed by atoms with Crippen molar-refractivity contribution in [3.05, 3.63) is 72.9 Å². The van der Waals surface area contributed by atoms with Gasteiger partial charge in [0.25, 0.3) is 0 Å². The van der Waals surface area contributed by atoms with Gasteiger partial charge in [-0.3, -0.25) is 9.97 Å². The lowest BCUT2D eigenvalue weighted by Gasteiger charge is -2.11. The second kappa shape index (κ2) is 6.45. The van der Waals surface area contributed by atoms with Crippen LogP contribution in [-0.2, 0) is 11.5 Å². The number of benzene rings is 1. The van der Waals surface area contributed by atoms with Crippen LogP contribution in [0.1, 0.15) is 0 Å². The van der Waals surface area contributed by atoms with E-state index in [1.807, 2.05) is 24.3 Å². The van der Waals surface area contributed by atoms with Crippen LogP contribution < -0.4 is 0 Å². The molecule has 124 valence electrons. The Labute approximate surface area is 144 Å². The highest BCUT2D eigenvalue weighted by Crippen LogP contribution is 2.39. The zero-order valence-corrected chi connectivity index (χ0v) is 13.7. The third-order valence-corrected chi connectivity index (χ3v) is 4.17. The number of pyridine rings is 2. The first-order valence-corrected chi connectivity index (χ1v) is 7.92. The molecule has 1 aromatic carbocycles. The number of hydrogen-bond acceptors (Lipinski definition) is 3. The fourth-order valence-electron chi connectivity index (χ4n) is 3.14. The molecule has 0 aliphatic carbocycles. The van der Waals surface area contributed by atoms with Crippen LogP contribution in [0, 0.1) is 5.82 Å². The summed E-state index contributed by atoms with van der Waals surface area (Å²) in [6.45, 7) is 0.390. The lowest BCUT2D eigenvalue weighted by molar-refractivity contribution is 0.136. The van der Waals surface area contributed by atoms with Gasteiger partial charge >= 0.3 is 0 Å². The lowest BCUT2D eigenvalue weighted by Crippen LogP contribution is -2.02. The number of halogens is 1. The van der Waals surface area contributed by atoms with Crippen molar-refractivity contribution in [2.45, 2.75) is 6.73 Å². The van der Waals surface area contributed by atoms with E-state index in [0.29, 0.717) is 6.73 Å². The maximum absolute atomic E-state index is 13.4. The molecule has 4 rings (SSSR count). The van der Waals surface area contributed by atoms with Gasteiger partial charge in [0.1, 0.15) is 12.5 Å². The van der Waals surface area contributed by atoms with E-state index in [2.05, 4.69) is 14.5 Å².